The van der Waals surface area contributed by atoms with Crippen LogP contribution in [0.1, 0.15) is 25.3 Å². The van der Waals surface area contributed by atoms with Crippen molar-refractivity contribution in [2.75, 3.05) is 6.61 Å². The van der Waals surface area contributed by atoms with E-state index in [4.69, 9.17) is 21.6 Å². The Balaban J connectivity index is 2.92. The summed E-state index contributed by atoms with van der Waals surface area (Å²) in [7, 11) is 0. The summed E-state index contributed by atoms with van der Waals surface area (Å²) in [6, 6.07) is 5.58. The van der Waals surface area contributed by atoms with Crippen LogP contribution in [0.4, 0.5) is 8.78 Å². The highest BCUT2D eigenvalue weighted by Crippen LogP contribution is 2.36. The molecule has 0 heterocycles. The molecule has 0 radical (unpaired) electrons. The second-order valence-electron chi connectivity index (χ2n) is 3.44. The van der Waals surface area contributed by atoms with Gasteiger partial charge >= 0.3 is 0 Å². The van der Waals surface area contributed by atoms with Gasteiger partial charge in [0.2, 0.25) is 0 Å². The standard InChI is InChI=1S/C12H12ClF2NO/c1-2-17-11-5-4-9(8-10(11)13)12(14,15)6-3-7-16/h4-5,8H,2-3,6H2,1H3. The second-order valence-corrected chi connectivity index (χ2v) is 3.85. The monoisotopic (exact) mass is 259 g/mol. The third-order valence-corrected chi connectivity index (χ3v) is 2.50. The summed E-state index contributed by atoms with van der Waals surface area (Å²) < 4.78 is 32.3. The van der Waals surface area contributed by atoms with Crippen LogP contribution in [-0.4, -0.2) is 6.61 Å². The molecule has 0 spiro atoms. The number of hydrogen-bond donors (Lipinski definition) is 0. The number of rotatable bonds is 5. The number of nitriles is 1. The lowest BCUT2D eigenvalue weighted by molar-refractivity contribution is -0.0119. The van der Waals surface area contributed by atoms with Crippen LogP contribution in [0.15, 0.2) is 18.2 Å². The Kier molecular flexibility index (Phi) is 4.71. The molecule has 0 unspecified atom stereocenters. The first-order valence-corrected chi connectivity index (χ1v) is 5.56. The molecule has 1 aromatic rings. The van der Waals surface area contributed by atoms with E-state index in [0.29, 0.717) is 12.4 Å². The normalized spacial score (nSPS) is 11.0. The zero-order chi connectivity index (χ0) is 12.9. The van der Waals surface area contributed by atoms with Crippen LogP contribution in [0.3, 0.4) is 0 Å². The lowest BCUT2D eigenvalue weighted by Crippen LogP contribution is -2.13. The van der Waals surface area contributed by atoms with Gasteiger partial charge in [-0.15, -0.1) is 0 Å². The van der Waals surface area contributed by atoms with E-state index in [2.05, 4.69) is 0 Å². The van der Waals surface area contributed by atoms with Gasteiger partial charge < -0.3 is 4.74 Å². The van der Waals surface area contributed by atoms with Gasteiger partial charge in [0.15, 0.2) is 0 Å². The predicted molar refractivity (Wildman–Crippen MR) is 61.4 cm³/mol. The Bertz CT molecular complexity index is 429. The molecule has 0 fully saturated rings. The molecule has 0 saturated carbocycles. The maximum absolute atomic E-state index is 13.6. The van der Waals surface area contributed by atoms with Gasteiger partial charge in [-0.3, -0.25) is 0 Å². The minimum Gasteiger partial charge on any atom is -0.492 e. The van der Waals surface area contributed by atoms with E-state index >= 15 is 0 Å². The molecule has 1 rings (SSSR count). The SMILES string of the molecule is CCOc1ccc(C(F)(F)CCC#N)cc1Cl. The van der Waals surface area contributed by atoms with E-state index in [-0.39, 0.29) is 17.0 Å². The van der Waals surface area contributed by atoms with Crippen LogP contribution < -0.4 is 4.74 Å². The van der Waals surface area contributed by atoms with Crippen molar-refractivity contribution in [3.63, 3.8) is 0 Å². The van der Waals surface area contributed by atoms with Crippen LogP contribution in [0, 0.1) is 11.3 Å². The van der Waals surface area contributed by atoms with Crippen LogP contribution in [-0.2, 0) is 5.92 Å². The molecule has 0 N–H and O–H groups in total. The van der Waals surface area contributed by atoms with Crippen LogP contribution in [0.5, 0.6) is 5.75 Å². The van der Waals surface area contributed by atoms with Gasteiger partial charge in [0.25, 0.3) is 5.92 Å². The van der Waals surface area contributed by atoms with Gasteiger partial charge in [-0.1, -0.05) is 11.6 Å². The van der Waals surface area contributed by atoms with E-state index in [0.717, 1.165) is 0 Å². The Hall–Kier alpha value is -1.34. The third-order valence-electron chi connectivity index (χ3n) is 2.20. The lowest BCUT2D eigenvalue weighted by atomic mass is 10.0. The number of nitrogens with zero attached hydrogens (tertiary/aromatic N) is 1. The number of benzene rings is 1. The highest BCUT2D eigenvalue weighted by atomic mass is 35.5. The molecule has 0 bridgehead atoms. The molecule has 0 saturated heterocycles. The topological polar surface area (TPSA) is 33.0 Å². The molecule has 1 aromatic carbocycles. The second kappa shape index (κ2) is 5.83. The molecule has 0 atom stereocenters. The summed E-state index contributed by atoms with van der Waals surface area (Å²) in [6.45, 7) is 2.20. The first kappa shape index (κ1) is 13.7. The van der Waals surface area contributed by atoms with Gasteiger partial charge in [-0.2, -0.15) is 5.26 Å². The number of halogens is 3. The molecule has 2 nitrogen and oxygen atoms in total. The Labute approximate surface area is 104 Å². The summed E-state index contributed by atoms with van der Waals surface area (Å²) >= 11 is 5.82. The average molecular weight is 260 g/mol. The van der Waals surface area contributed by atoms with Gasteiger partial charge in [0.1, 0.15) is 5.75 Å². The Morgan fingerprint density at radius 2 is 2.18 bits per heavy atom. The van der Waals surface area contributed by atoms with Crippen molar-refractivity contribution in [2.45, 2.75) is 25.7 Å². The molecule has 0 aliphatic carbocycles. The molecule has 92 valence electrons. The third kappa shape index (κ3) is 3.57. The van der Waals surface area contributed by atoms with Crippen LogP contribution >= 0.6 is 11.6 Å². The minimum absolute atomic E-state index is 0.154. The molecular weight excluding hydrogens is 248 g/mol. The Morgan fingerprint density at radius 3 is 2.71 bits per heavy atom. The van der Waals surface area contributed by atoms with Crippen molar-refractivity contribution >= 4 is 11.6 Å². The zero-order valence-electron chi connectivity index (χ0n) is 9.34. The summed E-state index contributed by atoms with van der Waals surface area (Å²) in [5.41, 5.74) is -0.193. The minimum atomic E-state index is -3.04. The van der Waals surface area contributed by atoms with Crippen molar-refractivity contribution < 1.29 is 13.5 Å². The fourth-order valence-electron chi connectivity index (χ4n) is 1.36. The van der Waals surface area contributed by atoms with E-state index in [1.165, 1.54) is 18.2 Å². The predicted octanol–water partition coefficient (Wildman–Crippen LogP) is 4.13. The molecule has 0 aromatic heterocycles. The van der Waals surface area contributed by atoms with Crippen molar-refractivity contribution in [3.05, 3.63) is 28.8 Å². The highest BCUT2D eigenvalue weighted by molar-refractivity contribution is 6.32. The quantitative estimate of drug-likeness (QED) is 0.796. The summed E-state index contributed by atoms with van der Waals surface area (Å²) in [6.07, 6.45) is -0.703. The van der Waals surface area contributed by atoms with Gasteiger partial charge in [-0.05, 0) is 25.1 Å². The smallest absolute Gasteiger partial charge is 0.274 e. The molecular formula is C12H12ClF2NO. The number of ether oxygens (including phenoxy) is 1. The van der Waals surface area contributed by atoms with Crippen molar-refractivity contribution in [1.29, 1.82) is 5.26 Å². The maximum Gasteiger partial charge on any atom is 0.274 e. The van der Waals surface area contributed by atoms with E-state index < -0.39 is 12.3 Å². The largest absolute Gasteiger partial charge is 0.492 e. The molecule has 0 aliphatic heterocycles. The number of alkyl halides is 2. The highest BCUT2D eigenvalue weighted by Gasteiger charge is 2.31. The van der Waals surface area contributed by atoms with Crippen LogP contribution in [0.25, 0.3) is 0 Å². The van der Waals surface area contributed by atoms with Gasteiger partial charge in [0.05, 0.1) is 17.7 Å². The molecule has 17 heavy (non-hydrogen) atoms. The maximum atomic E-state index is 13.6. The average Bonchev–Trinajstić information content (AvgIpc) is 2.29. The fraction of sp³-hybridized carbons (Fsp3) is 0.417. The summed E-state index contributed by atoms with van der Waals surface area (Å²) in [5.74, 6) is -2.65. The van der Waals surface area contributed by atoms with Crippen molar-refractivity contribution in [2.24, 2.45) is 0 Å². The van der Waals surface area contributed by atoms with Crippen LogP contribution in [0.2, 0.25) is 5.02 Å². The van der Waals surface area contributed by atoms with E-state index in [9.17, 15) is 8.78 Å². The fourth-order valence-corrected chi connectivity index (χ4v) is 1.59. The van der Waals surface area contributed by atoms with E-state index in [1.54, 1.807) is 13.0 Å². The summed E-state index contributed by atoms with van der Waals surface area (Å²) in [4.78, 5) is 0. The molecule has 0 amide bonds. The Morgan fingerprint density at radius 1 is 1.47 bits per heavy atom. The first-order valence-electron chi connectivity index (χ1n) is 5.19. The van der Waals surface area contributed by atoms with Crippen molar-refractivity contribution in [1.82, 2.24) is 0 Å². The van der Waals surface area contributed by atoms with Crippen molar-refractivity contribution in [3.8, 4) is 11.8 Å². The van der Waals surface area contributed by atoms with Gasteiger partial charge in [-0.25, -0.2) is 8.78 Å². The van der Waals surface area contributed by atoms with Gasteiger partial charge in [0, 0.05) is 18.4 Å². The first-order chi connectivity index (χ1) is 8.01. The summed E-state index contributed by atoms with van der Waals surface area (Å²) in [5, 5.41) is 8.47. The molecule has 5 heteroatoms. The number of hydrogen-bond acceptors (Lipinski definition) is 2. The van der Waals surface area contributed by atoms with E-state index in [1.807, 2.05) is 0 Å². The lowest BCUT2D eigenvalue weighted by Gasteiger charge is -2.16. The zero-order valence-corrected chi connectivity index (χ0v) is 10.1. The molecule has 0 aliphatic rings.